The van der Waals surface area contributed by atoms with Crippen LogP contribution in [0, 0.1) is 0 Å². The van der Waals surface area contributed by atoms with Gasteiger partial charge in [-0.05, 0) is 0 Å². The van der Waals surface area contributed by atoms with Crippen LogP contribution in [0.1, 0.15) is 0 Å². The quantitative estimate of drug-likeness (QED) is 0.292. The Hall–Kier alpha value is -0.255. The van der Waals surface area contributed by atoms with Crippen molar-refractivity contribution >= 4 is 48.8 Å². The van der Waals surface area contributed by atoms with Crippen molar-refractivity contribution in [2.75, 3.05) is 0 Å². The number of rotatable bonds is 0. The summed E-state index contributed by atoms with van der Waals surface area (Å²) in [6.45, 7) is 0. The van der Waals surface area contributed by atoms with Gasteiger partial charge in [0.25, 0.3) is 0 Å². The van der Waals surface area contributed by atoms with Crippen LogP contribution in [0.5, 0.6) is 0 Å². The van der Waals surface area contributed by atoms with Crippen LogP contribution >= 0.6 is 0 Å². The summed E-state index contributed by atoms with van der Waals surface area (Å²) in [6, 6.07) is 0. The van der Waals surface area contributed by atoms with E-state index in [-0.39, 0.29) is 29.6 Å². The van der Waals surface area contributed by atoms with Gasteiger partial charge < -0.3 is 15.1 Å². The summed E-state index contributed by atoms with van der Waals surface area (Å²) in [7, 11) is -2.17. The molecule has 13 heavy (non-hydrogen) atoms. The SMILES string of the molecule is O=C(OF)C(=O)OF.OB(O)O.[NaH]. The molecule has 0 amide bonds. The second-order valence-corrected chi connectivity index (χ2v) is 1.08. The third-order valence-electron chi connectivity index (χ3n) is 0.307. The third-order valence-corrected chi connectivity index (χ3v) is 0.307. The Labute approximate surface area is 92.5 Å². The van der Waals surface area contributed by atoms with Gasteiger partial charge >= 0.3 is 48.8 Å². The average Bonchev–Trinajstić information content (AvgIpc) is 2.00. The zero-order valence-corrected chi connectivity index (χ0v) is 5.31. The van der Waals surface area contributed by atoms with Gasteiger partial charge in [0.1, 0.15) is 0 Å². The topological polar surface area (TPSA) is 113 Å². The van der Waals surface area contributed by atoms with Crippen molar-refractivity contribution in [3.8, 4) is 0 Å². The first kappa shape index (κ1) is 18.5. The molecule has 7 nitrogen and oxygen atoms in total. The third kappa shape index (κ3) is 18.6. The van der Waals surface area contributed by atoms with Crippen molar-refractivity contribution in [1.29, 1.82) is 0 Å². The van der Waals surface area contributed by atoms with Gasteiger partial charge in [-0.15, -0.1) is 0 Å². The number of carbonyl (C=O) groups is 2. The molecule has 0 aliphatic heterocycles. The Morgan fingerprint density at radius 3 is 1.23 bits per heavy atom. The van der Waals surface area contributed by atoms with Crippen molar-refractivity contribution in [1.82, 2.24) is 0 Å². The minimum atomic E-state index is -2.17. The first-order chi connectivity index (χ1) is 5.45. The summed E-state index contributed by atoms with van der Waals surface area (Å²) in [4.78, 5) is 23.4. The molecule has 11 heteroatoms. The van der Waals surface area contributed by atoms with Crippen LogP contribution in [-0.2, 0) is 19.5 Å². The Bertz CT molecular complexity index is 137. The monoisotopic (exact) mass is 212 g/mol. The van der Waals surface area contributed by atoms with Crippen LogP contribution in [0.4, 0.5) is 9.05 Å². The van der Waals surface area contributed by atoms with E-state index in [9.17, 15) is 18.6 Å². The van der Waals surface area contributed by atoms with E-state index in [1.54, 1.807) is 0 Å². The molecule has 0 saturated heterocycles. The van der Waals surface area contributed by atoms with Gasteiger partial charge in [-0.2, -0.15) is 0 Å². The van der Waals surface area contributed by atoms with Gasteiger partial charge in [-0.1, -0.05) is 0 Å². The molecule has 0 heterocycles. The van der Waals surface area contributed by atoms with Crippen molar-refractivity contribution < 1.29 is 43.6 Å². The molecule has 0 aromatic carbocycles. The van der Waals surface area contributed by atoms with E-state index in [1.165, 1.54) is 0 Å². The summed E-state index contributed by atoms with van der Waals surface area (Å²) in [5.74, 6) is -4.04. The molecule has 3 N–H and O–H groups in total. The van der Waals surface area contributed by atoms with Crippen molar-refractivity contribution in [3.05, 3.63) is 0 Å². The molecule has 0 spiro atoms. The molecule has 0 aliphatic carbocycles. The molecule has 0 fully saturated rings. The molecule has 0 unspecified atom stereocenters. The van der Waals surface area contributed by atoms with Crippen LogP contribution in [0.25, 0.3) is 0 Å². The maximum atomic E-state index is 10.5. The molecular weight excluding hydrogens is 208 g/mol. The first-order valence-corrected chi connectivity index (χ1v) is 2.15. The maximum absolute atomic E-state index is 10.5. The van der Waals surface area contributed by atoms with Crippen LogP contribution in [-0.4, -0.2) is 63.9 Å². The molecule has 0 rings (SSSR count). The Kier molecular flexibility index (Phi) is 16.7. The van der Waals surface area contributed by atoms with E-state index in [1.807, 2.05) is 0 Å². The van der Waals surface area contributed by atoms with Crippen molar-refractivity contribution in [3.63, 3.8) is 0 Å². The Balaban J connectivity index is -0.000000173. The van der Waals surface area contributed by atoms with E-state index in [4.69, 9.17) is 15.1 Å². The zero-order valence-electron chi connectivity index (χ0n) is 5.31. The second kappa shape index (κ2) is 11.7. The van der Waals surface area contributed by atoms with E-state index in [0.29, 0.717) is 0 Å². The molecule has 0 atom stereocenters. The van der Waals surface area contributed by atoms with Gasteiger partial charge in [-0.25, -0.2) is 19.5 Å². The standard InChI is InChI=1S/C2F2O4.BH3O3.Na.H/c3-7-1(5)2(6)8-4;2-1(3)4;;/h;2-4H;;. The molecule has 0 saturated carbocycles. The van der Waals surface area contributed by atoms with Crippen LogP contribution in [0.3, 0.4) is 0 Å². The molecule has 0 bridgehead atoms. The molecule has 0 aromatic heterocycles. The van der Waals surface area contributed by atoms with Gasteiger partial charge in [0, 0.05) is 9.05 Å². The fourth-order valence-electron chi connectivity index (χ4n) is 0.0630. The summed E-state index contributed by atoms with van der Waals surface area (Å²) in [6.07, 6.45) is 0. The molecule has 72 valence electrons. The van der Waals surface area contributed by atoms with Crippen LogP contribution < -0.4 is 0 Å². The van der Waals surface area contributed by atoms with Crippen molar-refractivity contribution in [2.24, 2.45) is 0 Å². The first-order valence-electron chi connectivity index (χ1n) is 2.15. The fourth-order valence-corrected chi connectivity index (χ4v) is 0.0630. The van der Waals surface area contributed by atoms with Gasteiger partial charge in [-0.3, -0.25) is 0 Å². The van der Waals surface area contributed by atoms with Crippen LogP contribution in [0.2, 0.25) is 0 Å². The summed E-state index contributed by atoms with van der Waals surface area (Å²) in [5.41, 5.74) is 0. The summed E-state index contributed by atoms with van der Waals surface area (Å²) in [5, 5.41) is 21.5. The molecule has 0 aliphatic rings. The molecule has 0 aromatic rings. The van der Waals surface area contributed by atoms with Gasteiger partial charge in [0.15, 0.2) is 0 Å². The fraction of sp³-hybridized carbons (Fsp3) is 0. The Morgan fingerprint density at radius 1 is 1.00 bits per heavy atom. The zero-order chi connectivity index (χ0) is 10.1. The molecular formula is C2H4BF2NaO7. The predicted molar refractivity (Wildman–Crippen MR) is 34.0 cm³/mol. The number of hydrogen-bond acceptors (Lipinski definition) is 7. The minimum absolute atomic E-state index is 0. The average molecular weight is 212 g/mol. The number of carbonyl (C=O) groups excluding carboxylic acids is 2. The van der Waals surface area contributed by atoms with Crippen molar-refractivity contribution in [2.45, 2.75) is 0 Å². The van der Waals surface area contributed by atoms with E-state index < -0.39 is 19.3 Å². The second-order valence-electron chi connectivity index (χ2n) is 1.08. The molecule has 0 radical (unpaired) electrons. The van der Waals surface area contributed by atoms with Gasteiger partial charge in [0.2, 0.25) is 0 Å². The van der Waals surface area contributed by atoms with E-state index >= 15 is 0 Å². The number of hydrogen-bond donors (Lipinski definition) is 3. The summed E-state index contributed by atoms with van der Waals surface area (Å²) < 4.78 is 21.0. The summed E-state index contributed by atoms with van der Waals surface area (Å²) >= 11 is 0. The predicted octanol–water partition coefficient (Wildman–Crippen LogP) is -2.86. The Morgan fingerprint density at radius 2 is 1.15 bits per heavy atom. The normalized spacial score (nSPS) is 6.85. The number of halogens is 2. The van der Waals surface area contributed by atoms with Crippen LogP contribution in [0.15, 0.2) is 0 Å². The van der Waals surface area contributed by atoms with Gasteiger partial charge in [0.05, 0.1) is 0 Å². The van der Waals surface area contributed by atoms with E-state index in [2.05, 4.69) is 9.88 Å². The van der Waals surface area contributed by atoms with E-state index in [0.717, 1.165) is 0 Å².